The van der Waals surface area contributed by atoms with E-state index < -0.39 is 0 Å². The summed E-state index contributed by atoms with van der Waals surface area (Å²) in [4.78, 5) is 0. The zero-order valence-electron chi connectivity index (χ0n) is 4.60. The molecule has 1 atom stereocenters. The van der Waals surface area contributed by atoms with E-state index in [-0.39, 0.29) is 6.10 Å². The summed E-state index contributed by atoms with van der Waals surface area (Å²) in [5.74, 6) is 0. The van der Waals surface area contributed by atoms with E-state index in [1.165, 1.54) is 0 Å². The first-order chi connectivity index (χ1) is 3.79. The minimum absolute atomic E-state index is 0.281. The van der Waals surface area contributed by atoms with Crippen molar-refractivity contribution in [3.8, 4) is 0 Å². The van der Waals surface area contributed by atoms with Crippen molar-refractivity contribution < 1.29 is 5.11 Å². The first-order valence-corrected chi connectivity index (χ1v) is 3.21. The standard InChI is InChI=1S/C6H9ClO/c7-5-2-1-3-6(8)4-5/h4,6,8H,1-3H2. The first-order valence-electron chi connectivity index (χ1n) is 2.83. The number of hydrogen-bond acceptors (Lipinski definition) is 1. The fraction of sp³-hybridized carbons (Fsp3) is 0.667. The van der Waals surface area contributed by atoms with Gasteiger partial charge in [0.2, 0.25) is 0 Å². The lowest BCUT2D eigenvalue weighted by Crippen LogP contribution is -2.06. The minimum Gasteiger partial charge on any atom is -0.389 e. The van der Waals surface area contributed by atoms with Crippen molar-refractivity contribution in [2.75, 3.05) is 0 Å². The van der Waals surface area contributed by atoms with Gasteiger partial charge in [0.15, 0.2) is 0 Å². The van der Waals surface area contributed by atoms with Crippen LogP contribution in [-0.2, 0) is 0 Å². The van der Waals surface area contributed by atoms with Crippen LogP contribution in [0.25, 0.3) is 0 Å². The molecule has 1 unspecified atom stereocenters. The Kier molecular flexibility index (Phi) is 1.92. The smallest absolute Gasteiger partial charge is 0.0735 e. The van der Waals surface area contributed by atoms with E-state index in [2.05, 4.69) is 0 Å². The van der Waals surface area contributed by atoms with E-state index in [1.807, 2.05) is 0 Å². The van der Waals surface area contributed by atoms with Crippen molar-refractivity contribution >= 4 is 11.6 Å². The Morgan fingerprint density at radius 1 is 1.75 bits per heavy atom. The van der Waals surface area contributed by atoms with Gasteiger partial charge in [0, 0.05) is 5.03 Å². The summed E-state index contributed by atoms with van der Waals surface area (Å²) in [5, 5.41) is 9.73. The Balaban J connectivity index is 2.50. The molecule has 8 heavy (non-hydrogen) atoms. The van der Waals surface area contributed by atoms with E-state index in [0.29, 0.717) is 0 Å². The van der Waals surface area contributed by atoms with Gasteiger partial charge in [-0.05, 0) is 25.3 Å². The van der Waals surface area contributed by atoms with Crippen LogP contribution in [0.5, 0.6) is 0 Å². The molecule has 0 aromatic carbocycles. The van der Waals surface area contributed by atoms with Crippen LogP contribution < -0.4 is 0 Å². The lowest BCUT2D eigenvalue weighted by Gasteiger charge is -2.11. The molecule has 0 fully saturated rings. The van der Waals surface area contributed by atoms with Gasteiger partial charge in [0.05, 0.1) is 6.10 Å². The van der Waals surface area contributed by atoms with Crippen molar-refractivity contribution in [1.29, 1.82) is 0 Å². The summed E-state index contributed by atoms with van der Waals surface area (Å²) >= 11 is 5.61. The van der Waals surface area contributed by atoms with Crippen LogP contribution in [0.1, 0.15) is 19.3 Å². The lowest BCUT2D eigenvalue weighted by molar-refractivity contribution is 0.203. The average molecular weight is 133 g/mol. The van der Waals surface area contributed by atoms with Crippen molar-refractivity contribution in [3.05, 3.63) is 11.1 Å². The lowest BCUT2D eigenvalue weighted by atomic mass is 10.1. The maximum Gasteiger partial charge on any atom is 0.0735 e. The fourth-order valence-electron chi connectivity index (χ4n) is 0.855. The largest absolute Gasteiger partial charge is 0.389 e. The zero-order valence-corrected chi connectivity index (χ0v) is 5.36. The van der Waals surface area contributed by atoms with Crippen molar-refractivity contribution in [2.24, 2.45) is 0 Å². The van der Waals surface area contributed by atoms with Crippen LogP contribution in [0.4, 0.5) is 0 Å². The zero-order chi connectivity index (χ0) is 5.98. The molecular formula is C6H9ClO. The van der Waals surface area contributed by atoms with Gasteiger partial charge in [-0.15, -0.1) is 0 Å². The molecule has 0 aliphatic heterocycles. The van der Waals surface area contributed by atoms with E-state index in [4.69, 9.17) is 16.7 Å². The van der Waals surface area contributed by atoms with E-state index >= 15 is 0 Å². The number of halogens is 1. The topological polar surface area (TPSA) is 20.2 Å². The van der Waals surface area contributed by atoms with Gasteiger partial charge in [-0.25, -0.2) is 0 Å². The summed E-state index contributed by atoms with van der Waals surface area (Å²) in [5.41, 5.74) is 0. The highest BCUT2D eigenvalue weighted by atomic mass is 35.5. The maximum absolute atomic E-state index is 8.92. The summed E-state index contributed by atoms with van der Waals surface area (Å²) in [7, 11) is 0. The summed E-state index contributed by atoms with van der Waals surface area (Å²) < 4.78 is 0. The third-order valence-electron chi connectivity index (χ3n) is 1.29. The quantitative estimate of drug-likeness (QED) is 0.532. The number of allylic oxidation sites excluding steroid dienone is 1. The van der Waals surface area contributed by atoms with Crippen LogP contribution in [0.15, 0.2) is 11.1 Å². The number of aliphatic hydroxyl groups is 1. The molecule has 0 aromatic rings. The van der Waals surface area contributed by atoms with Crippen LogP contribution in [0.2, 0.25) is 0 Å². The molecule has 0 spiro atoms. The molecule has 2 heteroatoms. The molecule has 0 amide bonds. The molecular weight excluding hydrogens is 124 g/mol. The van der Waals surface area contributed by atoms with Gasteiger partial charge in [-0.1, -0.05) is 11.6 Å². The Bertz CT molecular complexity index is 109. The molecule has 1 N–H and O–H groups in total. The average Bonchev–Trinajstić information content (AvgIpc) is 1.64. The first kappa shape index (κ1) is 6.12. The molecule has 0 bridgehead atoms. The molecule has 1 aliphatic rings. The normalized spacial score (nSPS) is 29.8. The van der Waals surface area contributed by atoms with Crippen molar-refractivity contribution in [1.82, 2.24) is 0 Å². The maximum atomic E-state index is 8.92. The third-order valence-corrected chi connectivity index (χ3v) is 1.60. The second kappa shape index (κ2) is 2.51. The third kappa shape index (κ3) is 1.49. The second-order valence-electron chi connectivity index (χ2n) is 2.07. The van der Waals surface area contributed by atoms with Gasteiger partial charge in [-0.3, -0.25) is 0 Å². The summed E-state index contributed by atoms with van der Waals surface area (Å²) in [6, 6.07) is 0. The van der Waals surface area contributed by atoms with E-state index in [1.54, 1.807) is 6.08 Å². The molecule has 1 nitrogen and oxygen atoms in total. The van der Waals surface area contributed by atoms with Crippen LogP contribution >= 0.6 is 11.6 Å². The van der Waals surface area contributed by atoms with E-state index in [0.717, 1.165) is 24.3 Å². The second-order valence-corrected chi connectivity index (χ2v) is 2.56. The summed E-state index contributed by atoms with van der Waals surface area (Å²) in [6.45, 7) is 0. The predicted octanol–water partition coefficient (Wildman–Crippen LogP) is 1.65. The van der Waals surface area contributed by atoms with Crippen LogP contribution in [-0.4, -0.2) is 11.2 Å². The monoisotopic (exact) mass is 132 g/mol. The Hall–Kier alpha value is -0.0100. The van der Waals surface area contributed by atoms with Gasteiger partial charge >= 0.3 is 0 Å². The Labute approximate surface area is 54.0 Å². The molecule has 0 heterocycles. The number of rotatable bonds is 0. The Morgan fingerprint density at radius 2 is 2.50 bits per heavy atom. The van der Waals surface area contributed by atoms with E-state index in [9.17, 15) is 0 Å². The SMILES string of the molecule is OC1C=C(Cl)CCC1. The van der Waals surface area contributed by atoms with Crippen LogP contribution in [0.3, 0.4) is 0 Å². The molecule has 46 valence electrons. The fourth-order valence-corrected chi connectivity index (χ4v) is 1.13. The number of hydrogen-bond donors (Lipinski definition) is 1. The van der Waals surface area contributed by atoms with Gasteiger partial charge in [0.25, 0.3) is 0 Å². The Morgan fingerprint density at radius 3 is 2.88 bits per heavy atom. The van der Waals surface area contributed by atoms with Gasteiger partial charge in [0.1, 0.15) is 0 Å². The number of aliphatic hydroxyl groups excluding tert-OH is 1. The van der Waals surface area contributed by atoms with Crippen LogP contribution in [0, 0.1) is 0 Å². The molecule has 0 saturated heterocycles. The highest BCUT2D eigenvalue weighted by molar-refractivity contribution is 6.29. The molecule has 0 saturated carbocycles. The highest BCUT2D eigenvalue weighted by Gasteiger charge is 2.07. The predicted molar refractivity (Wildman–Crippen MR) is 33.8 cm³/mol. The van der Waals surface area contributed by atoms with Crippen molar-refractivity contribution in [3.63, 3.8) is 0 Å². The molecule has 1 rings (SSSR count). The molecule has 0 aromatic heterocycles. The minimum atomic E-state index is -0.281. The molecule has 0 radical (unpaired) electrons. The highest BCUT2D eigenvalue weighted by Crippen LogP contribution is 2.20. The van der Waals surface area contributed by atoms with Gasteiger partial charge in [-0.2, -0.15) is 0 Å². The summed E-state index contributed by atoms with van der Waals surface area (Å²) in [6.07, 6.45) is 4.27. The molecule has 1 aliphatic carbocycles. The van der Waals surface area contributed by atoms with Crippen molar-refractivity contribution in [2.45, 2.75) is 25.4 Å². The van der Waals surface area contributed by atoms with Gasteiger partial charge < -0.3 is 5.11 Å².